The van der Waals surface area contributed by atoms with Crippen LogP contribution < -0.4 is 15.0 Å². The van der Waals surface area contributed by atoms with Gasteiger partial charge in [-0.2, -0.15) is 0 Å². The first-order valence-electron chi connectivity index (χ1n) is 15.3. The number of amides is 2. The largest absolute Gasteiger partial charge is 0.478 e. The van der Waals surface area contributed by atoms with Crippen LogP contribution in [0.3, 0.4) is 0 Å². The fraction of sp³-hybridized carbons (Fsp3) is 0.417. The summed E-state index contributed by atoms with van der Waals surface area (Å²) in [5.74, 6) is -1.35. The van der Waals surface area contributed by atoms with Crippen LogP contribution >= 0.6 is 11.6 Å². The van der Waals surface area contributed by atoms with Gasteiger partial charge in [0.2, 0.25) is 5.91 Å². The molecule has 0 saturated carbocycles. The van der Waals surface area contributed by atoms with Gasteiger partial charge >= 0.3 is 5.97 Å². The van der Waals surface area contributed by atoms with Crippen molar-refractivity contribution in [1.82, 2.24) is 5.32 Å². The number of hydrogen-bond acceptors (Lipinski definition) is 6. The van der Waals surface area contributed by atoms with Crippen LogP contribution in [0.15, 0.2) is 60.7 Å². The number of benzene rings is 3. The monoisotopic (exact) mass is 877 g/mol. The molecule has 0 aliphatic carbocycles. The Labute approximate surface area is 317 Å². The fourth-order valence-electron chi connectivity index (χ4n) is 5.29. The quantitative estimate of drug-likeness (QED) is 0.211. The minimum Gasteiger partial charge on any atom is -0.478 e. The van der Waals surface area contributed by atoms with Crippen LogP contribution in [-0.2, 0) is 25.5 Å². The molecule has 1 aliphatic heterocycles. The molecule has 249 valence electrons. The van der Waals surface area contributed by atoms with Crippen LogP contribution in [0.1, 0.15) is 68.0 Å². The number of halogens is 1. The number of nitrogens with one attached hydrogen (secondary N) is 1. The van der Waals surface area contributed by atoms with Crippen molar-refractivity contribution in [3.63, 3.8) is 0 Å². The van der Waals surface area contributed by atoms with Gasteiger partial charge in [0.05, 0.1) is 6.42 Å². The third-order valence-corrected chi connectivity index (χ3v) is 8.50. The molecule has 3 aromatic carbocycles. The second kappa shape index (κ2) is 16.3. The minimum absolute atomic E-state index is 0. The van der Waals surface area contributed by atoms with E-state index in [2.05, 4.69) is 5.32 Å². The van der Waals surface area contributed by atoms with Gasteiger partial charge in [0.15, 0.2) is 5.60 Å². The predicted molar refractivity (Wildman–Crippen MR) is 177 cm³/mol. The second-order valence-electron chi connectivity index (χ2n) is 13.1. The Morgan fingerprint density at radius 3 is 2.34 bits per heavy atom. The molecule has 0 bridgehead atoms. The summed E-state index contributed by atoms with van der Waals surface area (Å²) in [6, 6.07) is 18.3. The maximum atomic E-state index is 14.2. The van der Waals surface area contributed by atoms with Gasteiger partial charge in [0.1, 0.15) is 18.0 Å². The van der Waals surface area contributed by atoms with Crippen molar-refractivity contribution in [1.29, 1.82) is 0 Å². The van der Waals surface area contributed by atoms with Gasteiger partial charge in [-0.25, -0.2) is 4.79 Å². The van der Waals surface area contributed by atoms with Crippen LogP contribution in [0, 0.1) is 63.3 Å². The van der Waals surface area contributed by atoms with E-state index in [-0.39, 0.29) is 75.4 Å². The maximum absolute atomic E-state index is 14.2. The molecule has 47 heavy (non-hydrogen) atoms. The molecule has 0 spiro atoms. The maximum Gasteiger partial charge on any atom is 0.347 e. The molecule has 3 aromatic rings. The third kappa shape index (κ3) is 9.80. The van der Waals surface area contributed by atoms with E-state index in [1.807, 2.05) is 58.0 Å². The first-order chi connectivity index (χ1) is 21.6. The first kappa shape index (κ1) is 39.0. The number of anilines is 1. The summed E-state index contributed by atoms with van der Waals surface area (Å²) >= 11 is 6.48. The van der Waals surface area contributed by atoms with Gasteiger partial charge in [0, 0.05) is 85.4 Å². The fourth-order valence-corrected chi connectivity index (χ4v) is 5.47. The van der Waals surface area contributed by atoms with Gasteiger partial charge in [-0.05, 0) is 86.7 Å². The van der Waals surface area contributed by atoms with E-state index in [1.54, 1.807) is 35.2 Å². The minimum atomic E-state index is -1.36. The molecule has 1 radical (unpaired) electrons. The number of fused-ring (bicyclic) bond motifs is 1. The molecule has 0 aromatic heterocycles. The number of aliphatic hydroxyl groups is 1. The Kier molecular flexibility index (Phi) is 13.5. The molecule has 0 fully saturated rings. The van der Waals surface area contributed by atoms with E-state index in [0.717, 1.165) is 22.3 Å². The average Bonchev–Trinajstić information content (AvgIpc) is 3.09. The Balaban J connectivity index is 0.00000600. The van der Waals surface area contributed by atoms with Gasteiger partial charge in [-0.15, -0.1) is 0 Å². The summed E-state index contributed by atoms with van der Waals surface area (Å²) < 4.78 is 12.1. The molecule has 2 amide bonds. The predicted octanol–water partition coefficient (Wildman–Crippen LogP) is 5.79. The number of aryl methyl sites for hydroxylation is 1. The first-order valence-corrected chi connectivity index (χ1v) is 15.7. The van der Waals surface area contributed by atoms with Crippen molar-refractivity contribution in [2.24, 2.45) is 5.41 Å². The van der Waals surface area contributed by atoms with Crippen molar-refractivity contribution < 1.29 is 78.1 Å². The zero-order valence-electron chi connectivity index (χ0n) is 27.8. The molecular weight excluding hydrogens is 835 g/mol. The zero-order chi connectivity index (χ0) is 33.8. The summed E-state index contributed by atoms with van der Waals surface area (Å²) in [5, 5.41) is 22.8. The van der Waals surface area contributed by atoms with Crippen LogP contribution in [0.4, 0.5) is 5.69 Å². The molecule has 3 N–H and O–H groups in total. The van der Waals surface area contributed by atoms with Crippen molar-refractivity contribution in [3.05, 3.63) is 93.5 Å². The van der Waals surface area contributed by atoms with Crippen molar-refractivity contribution in [3.8, 4) is 5.75 Å². The number of aliphatic carboxylic acids is 1. The number of carboxylic acids is 1. The van der Waals surface area contributed by atoms with E-state index >= 15 is 0 Å². The van der Waals surface area contributed by atoms with Gasteiger partial charge < -0.3 is 29.9 Å². The van der Waals surface area contributed by atoms with E-state index in [9.17, 15) is 24.6 Å². The van der Waals surface area contributed by atoms with Crippen molar-refractivity contribution >= 4 is 35.1 Å². The number of rotatable bonds is 12. The summed E-state index contributed by atoms with van der Waals surface area (Å²) in [6.45, 7) is 11.1. The van der Waals surface area contributed by atoms with Crippen LogP contribution in [0.25, 0.3) is 0 Å². The molecule has 2 atom stereocenters. The summed E-state index contributed by atoms with van der Waals surface area (Å²) in [4.78, 5) is 40.4. The van der Waals surface area contributed by atoms with Gasteiger partial charge in [-0.3, -0.25) is 9.59 Å². The van der Waals surface area contributed by atoms with Crippen LogP contribution in [0.5, 0.6) is 5.75 Å². The number of carboxylic acid groups (broad SMARTS) is 1. The Bertz CT molecular complexity index is 1590. The number of hydrogen-bond donors (Lipinski definition) is 3. The SMILES string of the molecule is Cc1cccc([C@H]2O[C@H](CC(=O)NCCc3ccc(OC(C)(C)C(=O)O)cc3)C(=O)N(CC(C)(C)CO)c3ccc(Cl)cc32)c1C.[Ac]. The smallest absolute Gasteiger partial charge is 0.347 e. The third-order valence-electron chi connectivity index (χ3n) is 8.27. The van der Waals surface area contributed by atoms with E-state index < -0.39 is 29.2 Å². The number of nitrogens with zero attached hydrogens (tertiary/aromatic N) is 1. The van der Waals surface area contributed by atoms with E-state index in [4.69, 9.17) is 21.1 Å². The molecule has 1 heterocycles. The molecule has 4 rings (SSSR count). The van der Waals surface area contributed by atoms with Crippen LogP contribution in [0.2, 0.25) is 5.02 Å². The van der Waals surface area contributed by atoms with Crippen molar-refractivity contribution in [2.45, 2.75) is 72.2 Å². The number of carbonyl (C=O) groups is 3. The van der Waals surface area contributed by atoms with Crippen molar-refractivity contribution in [2.75, 3.05) is 24.6 Å². The number of carbonyl (C=O) groups excluding carboxylic acids is 2. The summed E-state index contributed by atoms with van der Waals surface area (Å²) in [6.07, 6.45) is -1.45. The molecule has 9 nitrogen and oxygen atoms in total. The molecule has 1 aliphatic rings. The zero-order valence-corrected chi connectivity index (χ0v) is 33.3. The van der Waals surface area contributed by atoms with E-state index in [1.165, 1.54) is 13.8 Å². The van der Waals surface area contributed by atoms with Gasteiger partial charge in [0.25, 0.3) is 5.91 Å². The van der Waals surface area contributed by atoms with E-state index in [0.29, 0.717) is 35.0 Å². The number of aliphatic hydroxyl groups excluding tert-OH is 1. The molecular formula is C36H43AcClN2O7. The molecule has 0 unspecified atom stereocenters. The topological polar surface area (TPSA) is 125 Å². The van der Waals surface area contributed by atoms with Crippen LogP contribution in [-0.4, -0.2) is 59.4 Å². The summed E-state index contributed by atoms with van der Waals surface area (Å²) in [5.41, 5.74) is 3.24. The number of ether oxygens (including phenoxy) is 2. The average molecular weight is 878 g/mol. The molecule has 0 saturated heterocycles. The van der Waals surface area contributed by atoms with Gasteiger partial charge in [-0.1, -0.05) is 55.8 Å². The Morgan fingerprint density at radius 2 is 1.70 bits per heavy atom. The summed E-state index contributed by atoms with van der Waals surface area (Å²) in [7, 11) is 0. The Morgan fingerprint density at radius 1 is 1.02 bits per heavy atom. The second-order valence-corrected chi connectivity index (χ2v) is 13.5. The Hall–Kier alpha value is -2.48. The molecule has 11 heteroatoms. The normalized spacial score (nSPS) is 16.5. The standard InChI is InChI=1S/C36H43ClN2O7.Ac/c1-22-8-7-9-27(23(22)2)32-28-18-25(37)12-15-29(28)39(20-35(3,4)21-40)33(42)30(45-32)19-31(41)38-17-16-24-10-13-26(14-11-24)46-36(5,6)34(43)44;/h7-15,18,30,32,40H,16-17,19-21H2,1-6H3,(H,38,41)(H,43,44);/t30-,32-;/m1./s1.